The SMILES string of the molecule is Cc1ccc(CN2CCN(C(=O)c3ccc4oc(C(=O)NC5CCN(Cc6ccc(-n7cccn7)cc6)CC5)cc4c3)CC2)cc1.O=S=O. The molecule has 2 aliphatic heterocycles. The van der Waals surface area contributed by atoms with E-state index in [1.165, 1.54) is 16.7 Å². The number of furan rings is 1. The summed E-state index contributed by atoms with van der Waals surface area (Å²) in [5.74, 6) is 0.0927. The third kappa shape index (κ3) is 8.77. The molecule has 7 rings (SSSR count). The molecule has 49 heavy (non-hydrogen) atoms. The van der Waals surface area contributed by atoms with Crippen LogP contribution >= 0.6 is 0 Å². The van der Waals surface area contributed by atoms with Crippen LogP contribution in [0.15, 0.2) is 95.7 Å². The van der Waals surface area contributed by atoms with Crippen LogP contribution in [0.5, 0.6) is 0 Å². The minimum absolute atomic E-state index is 0.0182. The summed E-state index contributed by atoms with van der Waals surface area (Å²) in [4.78, 5) is 33.2. The van der Waals surface area contributed by atoms with Gasteiger partial charge in [-0.2, -0.15) is 13.5 Å². The van der Waals surface area contributed by atoms with E-state index in [0.717, 1.165) is 63.2 Å². The van der Waals surface area contributed by atoms with Crippen molar-refractivity contribution in [2.45, 2.75) is 38.9 Å². The van der Waals surface area contributed by atoms with Gasteiger partial charge in [-0.05, 0) is 73.4 Å². The number of aryl methyl sites for hydroxylation is 1. The standard InChI is InChI=1S/C37H40N6O3.O2S/c1-27-3-5-28(6-4-27)26-41-19-21-42(22-20-41)37(45)30-9-12-34-31(23-30)24-35(46-34)36(44)39-32-13-17-40(18-14-32)25-29-7-10-33(11-8-29)43-16-2-15-38-43;1-3-2/h2-12,15-16,23-24,32H,13-14,17-22,25-26H2,1H3,(H,39,44);. The van der Waals surface area contributed by atoms with Crippen molar-refractivity contribution in [2.75, 3.05) is 39.3 Å². The number of carbonyl (C=O) groups is 2. The molecule has 3 aromatic carbocycles. The largest absolute Gasteiger partial charge is 0.451 e. The van der Waals surface area contributed by atoms with Crippen LogP contribution in [0.4, 0.5) is 0 Å². The quantitative estimate of drug-likeness (QED) is 0.252. The zero-order valence-electron chi connectivity index (χ0n) is 27.5. The Kier molecular flexibility index (Phi) is 11.1. The minimum Gasteiger partial charge on any atom is -0.451 e. The monoisotopic (exact) mass is 680 g/mol. The van der Waals surface area contributed by atoms with E-state index in [0.29, 0.717) is 24.2 Å². The highest BCUT2D eigenvalue weighted by molar-refractivity contribution is 7.51. The van der Waals surface area contributed by atoms with E-state index in [1.807, 2.05) is 27.9 Å². The van der Waals surface area contributed by atoms with Gasteiger partial charge in [-0.25, -0.2) is 4.68 Å². The van der Waals surface area contributed by atoms with E-state index in [4.69, 9.17) is 12.8 Å². The number of nitrogens with zero attached hydrogens (tertiary/aromatic N) is 5. The van der Waals surface area contributed by atoms with Crippen LogP contribution in [-0.2, 0) is 24.7 Å². The Morgan fingerprint density at radius 3 is 2.10 bits per heavy atom. The van der Waals surface area contributed by atoms with E-state index < -0.39 is 11.6 Å². The van der Waals surface area contributed by atoms with Gasteiger partial charge in [0.15, 0.2) is 5.76 Å². The summed E-state index contributed by atoms with van der Waals surface area (Å²) >= 11 is -0.750. The third-order valence-corrected chi connectivity index (χ3v) is 9.21. The molecule has 0 saturated carbocycles. The highest BCUT2D eigenvalue weighted by atomic mass is 32.1. The van der Waals surface area contributed by atoms with Crippen molar-refractivity contribution >= 4 is 34.4 Å². The van der Waals surface area contributed by atoms with Gasteiger partial charge in [0, 0.05) is 81.7 Å². The molecule has 1 N–H and O–H groups in total. The molecule has 0 radical (unpaired) electrons. The number of aromatic nitrogens is 2. The maximum absolute atomic E-state index is 13.3. The maximum Gasteiger partial charge on any atom is 0.335 e. The molecule has 12 heteroatoms. The average molecular weight is 681 g/mol. The van der Waals surface area contributed by atoms with E-state index in [9.17, 15) is 9.59 Å². The van der Waals surface area contributed by atoms with E-state index in [2.05, 4.69) is 75.7 Å². The number of piperazine rings is 1. The molecular weight excluding hydrogens is 641 g/mol. The summed E-state index contributed by atoms with van der Waals surface area (Å²) in [6, 6.07) is 26.3. The summed E-state index contributed by atoms with van der Waals surface area (Å²) < 4.78 is 24.3. The van der Waals surface area contributed by atoms with Crippen LogP contribution < -0.4 is 5.32 Å². The van der Waals surface area contributed by atoms with Crippen molar-refractivity contribution < 1.29 is 22.4 Å². The number of piperidine rings is 1. The number of likely N-dealkylation sites (tertiary alicyclic amines) is 1. The average Bonchev–Trinajstić information content (AvgIpc) is 3.82. The molecule has 4 heterocycles. The minimum atomic E-state index is -0.750. The van der Waals surface area contributed by atoms with Crippen LogP contribution in [0, 0.1) is 6.92 Å². The first kappa shape index (κ1) is 34.0. The lowest BCUT2D eigenvalue weighted by Gasteiger charge is -2.34. The first-order chi connectivity index (χ1) is 23.9. The number of rotatable bonds is 8. The van der Waals surface area contributed by atoms with Crippen molar-refractivity contribution in [1.82, 2.24) is 29.8 Å². The summed E-state index contributed by atoms with van der Waals surface area (Å²) in [7, 11) is 0. The Balaban J connectivity index is 0.00000134. The first-order valence-electron chi connectivity index (χ1n) is 16.5. The van der Waals surface area contributed by atoms with Gasteiger partial charge in [0.1, 0.15) is 5.58 Å². The van der Waals surface area contributed by atoms with Crippen LogP contribution in [-0.4, -0.2) is 90.0 Å². The Morgan fingerprint density at radius 1 is 0.837 bits per heavy atom. The van der Waals surface area contributed by atoms with E-state index >= 15 is 0 Å². The summed E-state index contributed by atoms with van der Waals surface area (Å²) in [5, 5.41) is 8.22. The zero-order chi connectivity index (χ0) is 34.2. The van der Waals surface area contributed by atoms with Crippen LogP contribution in [0.3, 0.4) is 0 Å². The highest BCUT2D eigenvalue weighted by Crippen LogP contribution is 2.23. The fourth-order valence-electron chi connectivity index (χ4n) is 6.46. The second kappa shape index (κ2) is 16.0. The molecule has 0 spiro atoms. The molecule has 0 atom stereocenters. The molecule has 2 aliphatic rings. The fourth-order valence-corrected chi connectivity index (χ4v) is 6.46. The second-order valence-corrected chi connectivity index (χ2v) is 12.8. The van der Waals surface area contributed by atoms with Gasteiger partial charge < -0.3 is 14.6 Å². The second-order valence-electron chi connectivity index (χ2n) is 12.6. The van der Waals surface area contributed by atoms with Crippen LogP contribution in [0.1, 0.15) is 50.4 Å². The molecule has 2 aromatic heterocycles. The van der Waals surface area contributed by atoms with Crippen molar-refractivity contribution in [2.24, 2.45) is 0 Å². The molecular formula is C37H40N6O5S. The van der Waals surface area contributed by atoms with Gasteiger partial charge in [0.25, 0.3) is 11.8 Å². The van der Waals surface area contributed by atoms with Crippen molar-refractivity contribution in [3.8, 4) is 5.69 Å². The topological polar surface area (TPSA) is 121 Å². The molecule has 254 valence electrons. The van der Waals surface area contributed by atoms with Crippen molar-refractivity contribution in [1.29, 1.82) is 0 Å². The predicted molar refractivity (Wildman–Crippen MR) is 187 cm³/mol. The summed E-state index contributed by atoms with van der Waals surface area (Å²) in [5.41, 5.74) is 6.10. The maximum atomic E-state index is 13.3. The number of carbonyl (C=O) groups excluding carboxylic acids is 2. The van der Waals surface area contributed by atoms with Crippen LogP contribution in [0.25, 0.3) is 16.7 Å². The molecule has 0 aliphatic carbocycles. The summed E-state index contributed by atoms with van der Waals surface area (Å²) in [6.07, 6.45) is 5.48. The zero-order valence-corrected chi connectivity index (χ0v) is 28.3. The fraction of sp³-hybridized carbons (Fsp3) is 0.324. The Morgan fingerprint density at radius 2 is 1.47 bits per heavy atom. The molecule has 2 saturated heterocycles. The smallest absolute Gasteiger partial charge is 0.335 e. The lowest BCUT2D eigenvalue weighted by molar-refractivity contribution is 0.0628. The Hall–Kier alpha value is -4.91. The van der Waals surface area contributed by atoms with Gasteiger partial charge in [0.05, 0.1) is 5.69 Å². The van der Waals surface area contributed by atoms with Crippen LogP contribution in [0.2, 0.25) is 0 Å². The molecule has 2 fully saturated rings. The number of amides is 2. The van der Waals surface area contributed by atoms with Gasteiger partial charge in [-0.1, -0.05) is 42.0 Å². The Labute approximate surface area is 289 Å². The van der Waals surface area contributed by atoms with Gasteiger partial charge in [-0.15, -0.1) is 0 Å². The predicted octanol–water partition coefficient (Wildman–Crippen LogP) is 4.61. The molecule has 11 nitrogen and oxygen atoms in total. The number of hydrogen-bond donors (Lipinski definition) is 1. The lowest BCUT2D eigenvalue weighted by atomic mass is 10.0. The van der Waals surface area contributed by atoms with Gasteiger partial charge in [-0.3, -0.25) is 19.4 Å². The van der Waals surface area contributed by atoms with Gasteiger partial charge in [0.2, 0.25) is 0 Å². The number of fused-ring (bicyclic) bond motifs is 1. The Bertz CT molecular complexity index is 1890. The summed E-state index contributed by atoms with van der Waals surface area (Å²) in [6.45, 7) is 8.78. The van der Waals surface area contributed by atoms with Crippen molar-refractivity contribution in [3.05, 3.63) is 119 Å². The number of benzene rings is 3. The molecule has 0 bridgehead atoms. The molecule has 0 unspecified atom stereocenters. The third-order valence-electron chi connectivity index (χ3n) is 9.21. The van der Waals surface area contributed by atoms with Crippen molar-refractivity contribution in [3.63, 3.8) is 0 Å². The molecule has 5 aromatic rings. The number of nitrogens with one attached hydrogen (secondary N) is 1. The normalized spacial score (nSPS) is 15.8. The lowest BCUT2D eigenvalue weighted by Crippen LogP contribution is -2.48. The highest BCUT2D eigenvalue weighted by Gasteiger charge is 2.25. The van der Waals surface area contributed by atoms with E-state index in [-0.39, 0.29) is 23.6 Å². The van der Waals surface area contributed by atoms with Gasteiger partial charge >= 0.3 is 11.6 Å². The molecule has 2 amide bonds. The number of hydrogen-bond acceptors (Lipinski definition) is 8. The van der Waals surface area contributed by atoms with E-state index in [1.54, 1.807) is 24.4 Å². The first-order valence-corrected chi connectivity index (χ1v) is 17.2.